The number of aliphatic imine (C=N–C) groups is 2. The molecule has 20 N–H and O–H groups in total. The zero-order valence-corrected chi connectivity index (χ0v) is 57.4. The zero-order chi connectivity index (χ0) is 75.6. The molecule has 0 radical (unpaired) electrons. The van der Waals surface area contributed by atoms with E-state index < -0.39 is 153 Å². The maximum absolute atomic E-state index is 14.7. The van der Waals surface area contributed by atoms with E-state index in [0.29, 0.717) is 39.6 Å². The largest absolute Gasteiger partial charge is 0.497 e. The number of anilines is 1. The number of aliphatic carboxylic acids is 1. The average Bonchev–Trinajstić information content (AvgIpc) is 1.72. The van der Waals surface area contributed by atoms with Gasteiger partial charge in [0.15, 0.2) is 11.9 Å². The molecule has 9 amide bonds. The summed E-state index contributed by atoms with van der Waals surface area (Å²) in [5, 5.41) is 55.1. The number of amides is 9. The average molecular weight is 1440 g/mol. The Morgan fingerprint density at radius 1 is 0.689 bits per heavy atom. The molecule has 8 atom stereocenters. The number of nitrogens with zero attached hydrogens (tertiary/aromatic N) is 5. The highest BCUT2D eigenvalue weighted by Gasteiger charge is 2.41. The number of nitro benzene ring substituents is 2. The van der Waals surface area contributed by atoms with E-state index in [-0.39, 0.29) is 120 Å². The lowest BCUT2D eigenvalue weighted by molar-refractivity contribution is -0.393. The third-order valence-corrected chi connectivity index (χ3v) is 17.0. The molecule has 3 aromatic carbocycles. The summed E-state index contributed by atoms with van der Waals surface area (Å²) in [7, 11) is 1.43. The van der Waals surface area contributed by atoms with E-state index >= 15 is 0 Å². The van der Waals surface area contributed by atoms with Crippen molar-refractivity contribution in [3.63, 3.8) is 0 Å². The van der Waals surface area contributed by atoms with E-state index in [1.54, 1.807) is 56.4 Å². The molecule has 1 saturated heterocycles. The number of ether oxygens (including phenoxy) is 1. The van der Waals surface area contributed by atoms with Crippen molar-refractivity contribution in [3.05, 3.63) is 115 Å². The molecule has 0 aliphatic carbocycles. The van der Waals surface area contributed by atoms with Crippen LogP contribution in [0.15, 0.2) is 92.1 Å². The standard InChI is InChI=1S/C66H89N19O18/c1-5-42(58(91)81-49(29-37-34-75-43-14-7-6-13-40(37)43)61(94)79-46(16-10-26-73-65(68)69)59(92)78-45(57(67)90)15-8-9-25-72-44-22-19-38(84(98)99)32-51(44)85(100)101)77-60(93)47(23-24-54(87)88)80-63(96)56(35(2)3)82-62(95)50-18-12-28-83(50)64(97)48(17-11-27-74-66(70)71)76-53(86)30-36-31-55(89)103-52-33-39(102-4)20-21-41(36)52/h6-7,13-14,19-22,31-35,42,45-50,56,72,75H,5,8-12,15-18,23-30H2,1-4H3,(H2,67,90)(H,76,86)(H,77,93)(H,78,92)(H,79,94)(H,80,96)(H,81,91)(H,82,95)(H,87,88)(H4,68,69,73)(H4,70,71,74)/t42-,45-,46-,47-,48-,49-,50-,56-/m0/s1. The number of rotatable bonds is 41. The summed E-state index contributed by atoms with van der Waals surface area (Å²) in [5.41, 5.74) is 27.8. The van der Waals surface area contributed by atoms with Crippen LogP contribution in [0.5, 0.6) is 5.75 Å². The molecule has 1 aliphatic heterocycles. The minimum Gasteiger partial charge on any atom is -0.497 e. The lowest BCUT2D eigenvalue weighted by Crippen LogP contribution is -2.61. The van der Waals surface area contributed by atoms with Crippen molar-refractivity contribution in [3.8, 4) is 5.75 Å². The minimum absolute atomic E-state index is 0.00466. The molecule has 2 aromatic heterocycles. The number of carbonyl (C=O) groups is 10. The number of carbonyl (C=O) groups excluding carboxylic acids is 9. The van der Waals surface area contributed by atoms with Crippen molar-refractivity contribution >= 4 is 110 Å². The molecule has 5 aromatic rings. The van der Waals surface area contributed by atoms with Crippen LogP contribution in [0.3, 0.4) is 0 Å². The molecule has 0 spiro atoms. The van der Waals surface area contributed by atoms with Gasteiger partial charge in [-0.25, -0.2) is 4.79 Å². The Kier molecular flexibility index (Phi) is 30.0. The Balaban J connectivity index is 1.16. The Bertz CT molecular complexity index is 4040. The first-order chi connectivity index (χ1) is 49.0. The fourth-order valence-electron chi connectivity index (χ4n) is 11.6. The third-order valence-electron chi connectivity index (χ3n) is 17.0. The normalized spacial score (nSPS) is 14.6. The minimum atomic E-state index is -1.65. The van der Waals surface area contributed by atoms with Gasteiger partial charge >= 0.3 is 11.6 Å². The predicted molar refractivity (Wildman–Crippen MR) is 376 cm³/mol. The molecule has 0 unspecified atom stereocenters. The summed E-state index contributed by atoms with van der Waals surface area (Å²) in [6, 6.07) is 4.81. The summed E-state index contributed by atoms with van der Waals surface area (Å²) in [4.78, 5) is 186. The Hall–Kier alpha value is -11.9. The third kappa shape index (κ3) is 23.9. The Morgan fingerprint density at radius 2 is 1.30 bits per heavy atom. The highest BCUT2D eigenvalue weighted by atomic mass is 16.6. The molecule has 1 aliphatic rings. The number of primary amides is 1. The van der Waals surface area contributed by atoms with Crippen LogP contribution < -0.4 is 81.6 Å². The smallest absolute Gasteiger partial charge is 0.336 e. The number of carboxylic acids is 1. The number of non-ortho nitro benzene ring substituents is 1. The summed E-state index contributed by atoms with van der Waals surface area (Å²) >= 11 is 0. The van der Waals surface area contributed by atoms with Crippen LogP contribution in [0.25, 0.3) is 21.9 Å². The maximum Gasteiger partial charge on any atom is 0.336 e. The fraction of sp³-hybridized carbons (Fsp3) is 0.470. The van der Waals surface area contributed by atoms with E-state index in [0.717, 1.165) is 18.2 Å². The number of fused-ring (bicyclic) bond motifs is 2. The molecule has 37 heteroatoms. The van der Waals surface area contributed by atoms with E-state index in [4.69, 9.17) is 37.8 Å². The summed E-state index contributed by atoms with van der Waals surface area (Å²) in [6.07, 6.45) is 0.782. The number of hydrogen-bond acceptors (Lipinski definition) is 20. The van der Waals surface area contributed by atoms with Gasteiger partial charge in [-0.15, -0.1) is 0 Å². The van der Waals surface area contributed by atoms with Gasteiger partial charge in [0.25, 0.3) is 11.4 Å². The number of nitrogens with two attached hydrogens (primary N) is 5. The van der Waals surface area contributed by atoms with Gasteiger partial charge in [0.05, 0.1) is 29.4 Å². The highest BCUT2D eigenvalue weighted by Crippen LogP contribution is 2.30. The van der Waals surface area contributed by atoms with Crippen LogP contribution in [0.2, 0.25) is 0 Å². The number of nitrogens with one attached hydrogen (secondary N) is 9. The number of methoxy groups -OCH3 is 1. The lowest BCUT2D eigenvalue weighted by Gasteiger charge is -2.31. The number of benzene rings is 3. The van der Waals surface area contributed by atoms with E-state index in [1.807, 2.05) is 0 Å². The Labute approximate surface area is 589 Å². The van der Waals surface area contributed by atoms with E-state index in [1.165, 1.54) is 31.1 Å². The lowest BCUT2D eigenvalue weighted by atomic mass is 10.0. The number of unbranched alkanes of at least 4 members (excludes halogenated alkanes) is 1. The van der Waals surface area contributed by atoms with Crippen LogP contribution in [-0.2, 0) is 60.8 Å². The van der Waals surface area contributed by atoms with Crippen molar-refractivity contribution in [2.24, 2.45) is 44.6 Å². The van der Waals surface area contributed by atoms with Gasteiger partial charge in [0.1, 0.15) is 65.4 Å². The van der Waals surface area contributed by atoms with E-state index in [9.17, 15) is 78.1 Å². The number of carboxylic acid groups (broad SMARTS) is 1. The SMILES string of the molecule is CC[C@H](NC(=O)[C@H](CCC(=O)O)NC(=O)[C@@H](NC(=O)[C@@H]1CCCN1C(=O)[C@H](CCCN=C(N)N)NC(=O)Cc1cc(=O)oc2cc(OC)ccc12)C(C)C)C(=O)N[C@@H](Cc1c[nH]c2ccccc12)C(=O)N[C@@H](CCCN=C(N)N)C(=O)N[C@@H](CCCCNc1ccc([N+](=O)[O-])cc1[N+](=O)[O-])C(N)=O. The fourth-order valence-corrected chi connectivity index (χ4v) is 11.6. The number of hydrogen-bond donors (Lipinski definition) is 15. The van der Waals surface area contributed by atoms with Crippen LogP contribution in [0.4, 0.5) is 17.1 Å². The van der Waals surface area contributed by atoms with Gasteiger partial charge in [0, 0.05) is 79.7 Å². The number of para-hydroxylation sites is 1. The quantitative estimate of drug-likeness (QED) is 0.00615. The second-order valence-corrected chi connectivity index (χ2v) is 24.8. The molecule has 3 heterocycles. The predicted octanol–water partition coefficient (Wildman–Crippen LogP) is 0.0748. The first kappa shape index (κ1) is 80.0. The van der Waals surface area contributed by atoms with Crippen LogP contribution in [-0.4, -0.2) is 178 Å². The zero-order valence-electron chi connectivity index (χ0n) is 57.4. The van der Waals surface area contributed by atoms with Gasteiger partial charge in [-0.1, -0.05) is 39.0 Å². The summed E-state index contributed by atoms with van der Waals surface area (Å²) in [6.45, 7) is 4.93. The number of aromatic nitrogens is 1. The number of guanidine groups is 2. The molecule has 1 fully saturated rings. The van der Waals surface area contributed by atoms with Crippen molar-refractivity contribution in [1.82, 2.24) is 47.1 Å². The van der Waals surface area contributed by atoms with Gasteiger partial charge < -0.3 is 95.3 Å². The topological polar surface area (TPSA) is 587 Å². The second kappa shape index (κ2) is 38.6. The maximum atomic E-state index is 14.7. The van der Waals surface area contributed by atoms with Gasteiger partial charge in [-0.05, 0) is 112 Å². The number of H-pyrrole nitrogens is 1. The van der Waals surface area contributed by atoms with Crippen LogP contribution >= 0.6 is 0 Å². The number of nitro groups is 2. The second-order valence-electron chi connectivity index (χ2n) is 24.8. The molecule has 0 saturated carbocycles. The Morgan fingerprint density at radius 3 is 1.93 bits per heavy atom. The molecule has 37 nitrogen and oxygen atoms in total. The summed E-state index contributed by atoms with van der Waals surface area (Å²) in [5.74, 6) is -9.83. The van der Waals surface area contributed by atoms with Crippen molar-refractivity contribution < 1.29 is 72.1 Å². The molecule has 0 bridgehead atoms. The molecule has 556 valence electrons. The summed E-state index contributed by atoms with van der Waals surface area (Å²) < 4.78 is 10.6. The van der Waals surface area contributed by atoms with Gasteiger partial charge in [-0.3, -0.25) is 78.2 Å². The highest BCUT2D eigenvalue weighted by molar-refractivity contribution is 5.99. The van der Waals surface area contributed by atoms with Crippen LogP contribution in [0, 0.1) is 26.1 Å². The molecule has 6 rings (SSSR count). The number of aromatic amines is 1. The van der Waals surface area contributed by atoms with Crippen molar-refractivity contribution in [2.75, 3.05) is 38.6 Å². The first-order valence-electron chi connectivity index (χ1n) is 33.3. The van der Waals surface area contributed by atoms with Gasteiger partial charge in [0.2, 0.25) is 53.2 Å². The first-order valence-corrected chi connectivity index (χ1v) is 33.3. The number of likely N-dealkylation sites (tertiary alicyclic amines) is 1. The van der Waals surface area contributed by atoms with Crippen LogP contribution in [0.1, 0.15) is 109 Å². The van der Waals surface area contributed by atoms with E-state index in [2.05, 4.69) is 57.5 Å². The molecule has 103 heavy (non-hydrogen) atoms. The van der Waals surface area contributed by atoms with Crippen molar-refractivity contribution in [2.45, 2.75) is 159 Å². The van der Waals surface area contributed by atoms with Crippen molar-refractivity contribution in [1.29, 1.82) is 0 Å². The molecular weight excluding hydrogens is 1350 g/mol. The van der Waals surface area contributed by atoms with Gasteiger partial charge in [-0.2, -0.15) is 0 Å². The monoisotopic (exact) mass is 1440 g/mol. The molecular formula is C66H89N19O18.